The fourth-order valence-electron chi connectivity index (χ4n) is 4.06. The largest absolute Gasteiger partial charge is 0.351 e. The Hall–Kier alpha value is -1.92. The van der Waals surface area contributed by atoms with Gasteiger partial charge in [-0.3, -0.25) is 9.59 Å². The number of piperazine rings is 1. The van der Waals surface area contributed by atoms with Crippen LogP contribution in [0.1, 0.15) is 25.8 Å². The first-order valence-corrected chi connectivity index (χ1v) is 9.94. The average molecular weight is 361 g/mol. The summed E-state index contributed by atoms with van der Waals surface area (Å²) in [7, 11) is 0. The summed E-state index contributed by atoms with van der Waals surface area (Å²) < 4.78 is 0. The molecular weight excluding hydrogens is 328 g/mol. The molecule has 3 N–H and O–H groups in total. The minimum atomic E-state index is -0.0309. The number of quaternary nitrogens is 2. The fourth-order valence-corrected chi connectivity index (χ4v) is 4.06. The number of hydrogen-bond donors (Lipinski definition) is 3. The molecule has 26 heavy (non-hydrogen) atoms. The van der Waals surface area contributed by atoms with E-state index < -0.39 is 0 Å². The molecule has 2 heterocycles. The number of carbonyl (C=O) groups is 2. The van der Waals surface area contributed by atoms with Gasteiger partial charge in [0.1, 0.15) is 26.2 Å². The summed E-state index contributed by atoms with van der Waals surface area (Å²) in [6.07, 6.45) is 1.92. The highest BCUT2D eigenvalue weighted by molar-refractivity contribution is 5.97. The molecule has 1 saturated heterocycles. The van der Waals surface area contributed by atoms with Crippen molar-refractivity contribution < 1.29 is 19.4 Å². The van der Waals surface area contributed by atoms with Crippen LogP contribution in [0.25, 0.3) is 0 Å². The van der Waals surface area contributed by atoms with E-state index in [1.54, 1.807) is 0 Å². The lowest BCUT2D eigenvalue weighted by Gasteiger charge is -2.33. The molecular formula is C20H32N4O2+2. The Morgan fingerprint density at radius 2 is 1.92 bits per heavy atom. The molecule has 0 aromatic heterocycles. The molecule has 6 nitrogen and oxygen atoms in total. The van der Waals surface area contributed by atoms with E-state index in [0.29, 0.717) is 6.54 Å². The molecule has 6 heteroatoms. The third-order valence-electron chi connectivity index (χ3n) is 5.72. The van der Waals surface area contributed by atoms with E-state index in [1.807, 2.05) is 17.0 Å². The number of hydrogen-bond acceptors (Lipinski definition) is 2. The van der Waals surface area contributed by atoms with Crippen molar-refractivity contribution in [3.05, 3.63) is 29.8 Å². The van der Waals surface area contributed by atoms with Gasteiger partial charge in [-0.25, -0.2) is 0 Å². The average Bonchev–Trinajstić information content (AvgIpc) is 3.10. The third kappa shape index (κ3) is 4.24. The lowest BCUT2D eigenvalue weighted by atomic mass is 10.1. The van der Waals surface area contributed by atoms with Crippen molar-refractivity contribution in [1.82, 2.24) is 5.32 Å². The van der Waals surface area contributed by atoms with Crippen LogP contribution in [0.3, 0.4) is 0 Å². The Balaban J connectivity index is 1.50. The van der Waals surface area contributed by atoms with E-state index in [9.17, 15) is 9.59 Å². The van der Waals surface area contributed by atoms with Crippen molar-refractivity contribution in [3.8, 4) is 0 Å². The predicted molar refractivity (Wildman–Crippen MR) is 102 cm³/mol. The molecule has 3 rings (SSSR count). The molecule has 0 bridgehead atoms. The Bertz CT molecular complexity index is 640. The summed E-state index contributed by atoms with van der Waals surface area (Å²) in [4.78, 5) is 29.5. The van der Waals surface area contributed by atoms with Gasteiger partial charge in [-0.2, -0.15) is 0 Å². The van der Waals surface area contributed by atoms with Crippen LogP contribution in [0, 0.1) is 0 Å². The molecule has 0 saturated carbocycles. The summed E-state index contributed by atoms with van der Waals surface area (Å²) in [5.74, 6) is 0.372. The number of anilines is 1. The maximum absolute atomic E-state index is 13.0. The van der Waals surface area contributed by atoms with E-state index in [2.05, 4.69) is 31.3 Å². The van der Waals surface area contributed by atoms with Gasteiger partial charge in [-0.05, 0) is 31.4 Å². The lowest BCUT2D eigenvalue weighted by Crippen LogP contribution is -3.30. The molecule has 1 aromatic carbocycles. The number of nitrogens with one attached hydrogen (secondary N) is 3. The zero-order chi connectivity index (χ0) is 18.5. The number of rotatable bonds is 6. The minimum absolute atomic E-state index is 0.0309. The predicted octanol–water partition coefficient (Wildman–Crippen LogP) is -1.73. The maximum Gasteiger partial charge on any atom is 0.284 e. The van der Waals surface area contributed by atoms with Crippen LogP contribution >= 0.6 is 0 Å². The first kappa shape index (κ1) is 18.9. The quantitative estimate of drug-likeness (QED) is 0.565. The highest BCUT2D eigenvalue weighted by Crippen LogP contribution is 2.27. The van der Waals surface area contributed by atoms with Crippen molar-refractivity contribution >= 4 is 17.5 Å². The second-order valence-corrected chi connectivity index (χ2v) is 7.53. The van der Waals surface area contributed by atoms with E-state index in [4.69, 9.17) is 0 Å². The van der Waals surface area contributed by atoms with Gasteiger partial charge in [0.15, 0.2) is 12.6 Å². The Morgan fingerprint density at radius 1 is 1.19 bits per heavy atom. The molecule has 2 aliphatic heterocycles. The van der Waals surface area contributed by atoms with Gasteiger partial charge >= 0.3 is 0 Å². The standard InChI is InChI=1S/C20H30N4O2/c1-3-9-21-19(25)15-22-11-13-23(14-12-22)16(2)20(26)24-10-8-17-6-4-5-7-18(17)24/h4-7,16H,3,8-15H2,1-2H3,(H,21,25)/p+2/t16-/m1/s1. The van der Waals surface area contributed by atoms with Crippen LogP contribution < -0.4 is 20.0 Å². The topological polar surface area (TPSA) is 58.3 Å². The second kappa shape index (κ2) is 8.64. The first-order chi connectivity index (χ1) is 12.6. The van der Waals surface area contributed by atoms with Gasteiger partial charge in [0.05, 0.1) is 0 Å². The van der Waals surface area contributed by atoms with E-state index >= 15 is 0 Å². The molecule has 0 aliphatic carbocycles. The fraction of sp³-hybridized carbons (Fsp3) is 0.600. The molecule has 0 spiro atoms. The van der Waals surface area contributed by atoms with Gasteiger partial charge < -0.3 is 20.0 Å². The molecule has 1 fully saturated rings. The summed E-state index contributed by atoms with van der Waals surface area (Å²) in [5, 5.41) is 2.95. The zero-order valence-electron chi connectivity index (χ0n) is 16.0. The van der Waals surface area contributed by atoms with Gasteiger partial charge in [0.2, 0.25) is 0 Å². The molecule has 2 aliphatic rings. The molecule has 1 atom stereocenters. The summed E-state index contributed by atoms with van der Waals surface area (Å²) in [5.41, 5.74) is 2.36. The van der Waals surface area contributed by atoms with Crippen LogP contribution in [-0.2, 0) is 16.0 Å². The Labute approximate surface area is 156 Å². The number of amides is 2. The lowest BCUT2D eigenvalue weighted by molar-refractivity contribution is -1.01. The van der Waals surface area contributed by atoms with Crippen molar-refractivity contribution in [2.24, 2.45) is 0 Å². The molecule has 0 radical (unpaired) electrons. The van der Waals surface area contributed by atoms with Gasteiger partial charge in [0, 0.05) is 18.8 Å². The zero-order valence-corrected chi connectivity index (χ0v) is 16.0. The number of nitrogens with zero attached hydrogens (tertiary/aromatic N) is 1. The SMILES string of the molecule is CCCNC(=O)C[NH+]1CC[NH+]([C@H](C)C(=O)N2CCc3ccccc32)CC1. The Morgan fingerprint density at radius 3 is 2.65 bits per heavy atom. The number of para-hydroxylation sites is 1. The highest BCUT2D eigenvalue weighted by atomic mass is 16.2. The van der Waals surface area contributed by atoms with Crippen molar-refractivity contribution in [2.75, 3.05) is 50.7 Å². The number of benzene rings is 1. The smallest absolute Gasteiger partial charge is 0.284 e. The Kier molecular flexibility index (Phi) is 6.27. The normalized spacial score (nSPS) is 23.4. The van der Waals surface area contributed by atoms with Gasteiger partial charge in [-0.15, -0.1) is 0 Å². The first-order valence-electron chi connectivity index (χ1n) is 9.94. The molecule has 0 unspecified atom stereocenters. The van der Waals surface area contributed by atoms with Crippen LogP contribution in [0.4, 0.5) is 5.69 Å². The number of carbonyl (C=O) groups excluding carboxylic acids is 2. The summed E-state index contributed by atoms with van der Waals surface area (Å²) in [6.45, 7) is 10.00. The van der Waals surface area contributed by atoms with E-state index in [1.165, 1.54) is 15.4 Å². The van der Waals surface area contributed by atoms with Crippen LogP contribution in [0.15, 0.2) is 24.3 Å². The highest BCUT2D eigenvalue weighted by Gasteiger charge is 2.36. The van der Waals surface area contributed by atoms with Crippen molar-refractivity contribution in [1.29, 1.82) is 0 Å². The summed E-state index contributed by atoms with van der Waals surface area (Å²) >= 11 is 0. The van der Waals surface area contributed by atoms with Gasteiger partial charge in [-0.1, -0.05) is 25.1 Å². The van der Waals surface area contributed by atoms with E-state index in [0.717, 1.165) is 57.8 Å². The molecule has 2 amide bonds. The summed E-state index contributed by atoms with van der Waals surface area (Å²) in [6, 6.07) is 8.19. The van der Waals surface area contributed by atoms with Gasteiger partial charge in [0.25, 0.3) is 11.8 Å². The minimum Gasteiger partial charge on any atom is -0.351 e. The molecule has 142 valence electrons. The van der Waals surface area contributed by atoms with Crippen LogP contribution in [0.2, 0.25) is 0 Å². The monoisotopic (exact) mass is 360 g/mol. The van der Waals surface area contributed by atoms with Crippen molar-refractivity contribution in [2.45, 2.75) is 32.7 Å². The van der Waals surface area contributed by atoms with E-state index in [-0.39, 0.29) is 17.9 Å². The van der Waals surface area contributed by atoms with Crippen LogP contribution in [-0.4, -0.2) is 63.7 Å². The third-order valence-corrected chi connectivity index (χ3v) is 5.72. The molecule has 1 aromatic rings. The maximum atomic E-state index is 13.0. The number of fused-ring (bicyclic) bond motifs is 1. The van der Waals surface area contributed by atoms with Crippen LogP contribution in [0.5, 0.6) is 0 Å². The second-order valence-electron chi connectivity index (χ2n) is 7.53. The van der Waals surface area contributed by atoms with Crippen molar-refractivity contribution in [3.63, 3.8) is 0 Å².